The number of nitrogens with zero attached hydrogens (tertiary/aromatic N) is 2. The van der Waals surface area contributed by atoms with Crippen LogP contribution in [0.1, 0.15) is 24.2 Å². The molecule has 0 aliphatic heterocycles. The SMILES string of the molecule is CCOC(=O)c1csc2ncnc(NC(C(=O)O)C(C)O)c12. The number of fused-ring (bicyclic) bond motifs is 1. The topological polar surface area (TPSA) is 122 Å². The van der Waals surface area contributed by atoms with Gasteiger partial charge in [-0.05, 0) is 13.8 Å². The van der Waals surface area contributed by atoms with E-state index in [-0.39, 0.29) is 18.0 Å². The number of aliphatic hydroxyl groups is 1. The number of carbonyl (C=O) groups excluding carboxylic acids is 1. The van der Waals surface area contributed by atoms with Crippen molar-refractivity contribution < 1.29 is 24.5 Å². The van der Waals surface area contributed by atoms with Crippen molar-refractivity contribution in [3.63, 3.8) is 0 Å². The van der Waals surface area contributed by atoms with Crippen molar-refractivity contribution in [2.75, 3.05) is 11.9 Å². The zero-order valence-corrected chi connectivity index (χ0v) is 12.8. The predicted octanol–water partition coefficient (Wildman–Crippen LogP) is 1.11. The molecule has 0 radical (unpaired) electrons. The first kappa shape index (κ1) is 16.1. The quantitative estimate of drug-likeness (QED) is 0.675. The number of rotatable bonds is 6. The van der Waals surface area contributed by atoms with Crippen molar-refractivity contribution >= 4 is 39.3 Å². The normalized spacial score (nSPS) is 13.6. The number of carbonyl (C=O) groups is 2. The lowest BCUT2D eigenvalue weighted by Gasteiger charge is -2.18. The van der Waals surface area contributed by atoms with Gasteiger partial charge in [-0.2, -0.15) is 0 Å². The lowest BCUT2D eigenvalue weighted by Crippen LogP contribution is -2.39. The van der Waals surface area contributed by atoms with Crippen LogP contribution in [-0.4, -0.2) is 50.9 Å². The van der Waals surface area contributed by atoms with E-state index >= 15 is 0 Å². The third-order valence-corrected chi connectivity index (χ3v) is 3.79. The van der Waals surface area contributed by atoms with Gasteiger partial charge < -0.3 is 20.3 Å². The Labute approximate surface area is 129 Å². The third-order valence-electron chi connectivity index (χ3n) is 2.91. The van der Waals surface area contributed by atoms with E-state index in [2.05, 4.69) is 15.3 Å². The fourth-order valence-corrected chi connectivity index (χ4v) is 2.76. The molecule has 0 aliphatic carbocycles. The highest BCUT2D eigenvalue weighted by molar-refractivity contribution is 7.17. The van der Waals surface area contributed by atoms with Gasteiger partial charge in [0, 0.05) is 5.38 Å². The number of hydrogen-bond donors (Lipinski definition) is 3. The summed E-state index contributed by atoms with van der Waals surface area (Å²) in [5, 5.41) is 23.3. The number of hydrogen-bond acceptors (Lipinski definition) is 8. The molecule has 0 aromatic carbocycles. The first-order valence-corrected chi connectivity index (χ1v) is 7.40. The maximum atomic E-state index is 12.0. The Hall–Kier alpha value is -2.26. The fourth-order valence-electron chi connectivity index (χ4n) is 1.88. The van der Waals surface area contributed by atoms with Gasteiger partial charge in [0.1, 0.15) is 17.0 Å². The maximum absolute atomic E-state index is 12.0. The molecule has 9 heteroatoms. The van der Waals surface area contributed by atoms with Crippen LogP contribution in [0.3, 0.4) is 0 Å². The van der Waals surface area contributed by atoms with E-state index in [1.165, 1.54) is 24.6 Å². The van der Waals surface area contributed by atoms with Gasteiger partial charge in [-0.25, -0.2) is 19.6 Å². The summed E-state index contributed by atoms with van der Waals surface area (Å²) in [6, 6.07) is -1.26. The lowest BCUT2D eigenvalue weighted by molar-refractivity contribution is -0.140. The van der Waals surface area contributed by atoms with Gasteiger partial charge in [-0.15, -0.1) is 11.3 Å². The molecule has 118 valence electrons. The average molecular weight is 325 g/mol. The molecule has 2 aromatic rings. The third kappa shape index (κ3) is 3.15. The second-order valence-electron chi connectivity index (χ2n) is 4.47. The smallest absolute Gasteiger partial charge is 0.339 e. The standard InChI is InChI=1S/C13H15N3O5S/c1-3-21-13(20)7-4-22-11-8(7)10(14-5-15-11)16-9(6(2)17)12(18)19/h4-6,9,17H,3H2,1-2H3,(H,18,19)(H,14,15,16). The van der Waals surface area contributed by atoms with E-state index in [1.54, 1.807) is 12.3 Å². The highest BCUT2D eigenvalue weighted by atomic mass is 32.1. The summed E-state index contributed by atoms with van der Waals surface area (Å²) >= 11 is 1.22. The van der Waals surface area contributed by atoms with Crippen LogP contribution in [0.4, 0.5) is 5.82 Å². The van der Waals surface area contributed by atoms with Gasteiger partial charge in [0.05, 0.1) is 23.7 Å². The summed E-state index contributed by atoms with van der Waals surface area (Å²) in [7, 11) is 0. The van der Waals surface area contributed by atoms with Crippen LogP contribution >= 0.6 is 11.3 Å². The molecule has 0 aliphatic rings. The Bertz CT molecular complexity index is 700. The fraction of sp³-hybridized carbons (Fsp3) is 0.385. The highest BCUT2D eigenvalue weighted by Gasteiger charge is 2.26. The maximum Gasteiger partial charge on any atom is 0.339 e. The van der Waals surface area contributed by atoms with Gasteiger partial charge in [-0.3, -0.25) is 0 Å². The first-order valence-electron chi connectivity index (χ1n) is 6.52. The van der Waals surface area contributed by atoms with Gasteiger partial charge in [0.15, 0.2) is 6.04 Å². The van der Waals surface area contributed by atoms with Gasteiger partial charge in [0.2, 0.25) is 0 Å². The Balaban J connectivity index is 2.47. The van der Waals surface area contributed by atoms with E-state index in [0.717, 1.165) is 0 Å². The second kappa shape index (κ2) is 6.67. The number of ether oxygens (including phenoxy) is 1. The van der Waals surface area contributed by atoms with Crippen molar-refractivity contribution in [1.82, 2.24) is 9.97 Å². The molecule has 0 amide bonds. The molecule has 0 saturated carbocycles. The van der Waals surface area contributed by atoms with Crippen molar-refractivity contribution in [3.8, 4) is 0 Å². The minimum atomic E-state index is -1.26. The number of anilines is 1. The van der Waals surface area contributed by atoms with E-state index < -0.39 is 24.1 Å². The van der Waals surface area contributed by atoms with Gasteiger partial charge in [-0.1, -0.05) is 0 Å². The largest absolute Gasteiger partial charge is 0.480 e. The molecule has 0 bridgehead atoms. The molecule has 2 unspecified atom stereocenters. The summed E-state index contributed by atoms with van der Waals surface area (Å²) in [6.45, 7) is 3.26. The van der Waals surface area contributed by atoms with Crippen molar-refractivity contribution in [2.24, 2.45) is 0 Å². The minimum Gasteiger partial charge on any atom is -0.480 e. The monoisotopic (exact) mass is 325 g/mol. The summed E-state index contributed by atoms with van der Waals surface area (Å²) in [4.78, 5) is 31.7. The Morgan fingerprint density at radius 1 is 1.45 bits per heavy atom. The van der Waals surface area contributed by atoms with E-state index in [0.29, 0.717) is 10.2 Å². The summed E-state index contributed by atoms with van der Waals surface area (Å²) in [5.41, 5.74) is 0.264. The molecule has 22 heavy (non-hydrogen) atoms. The minimum absolute atomic E-state index is 0.169. The summed E-state index contributed by atoms with van der Waals surface area (Å²) in [5.74, 6) is -1.59. The number of aliphatic hydroxyl groups excluding tert-OH is 1. The molecular formula is C13H15N3O5S. The molecule has 8 nitrogen and oxygen atoms in total. The molecular weight excluding hydrogens is 310 g/mol. The predicted molar refractivity (Wildman–Crippen MR) is 80.1 cm³/mol. The van der Waals surface area contributed by atoms with Crippen molar-refractivity contribution in [3.05, 3.63) is 17.3 Å². The number of esters is 1. The number of nitrogens with one attached hydrogen (secondary N) is 1. The van der Waals surface area contributed by atoms with Crippen LogP contribution in [0.2, 0.25) is 0 Å². The molecule has 2 atom stereocenters. The molecule has 0 spiro atoms. The van der Waals surface area contributed by atoms with Crippen LogP contribution < -0.4 is 5.32 Å². The highest BCUT2D eigenvalue weighted by Crippen LogP contribution is 2.30. The second-order valence-corrected chi connectivity index (χ2v) is 5.33. The first-order chi connectivity index (χ1) is 10.5. The number of thiophene rings is 1. The Kier molecular flexibility index (Phi) is 4.88. The zero-order valence-electron chi connectivity index (χ0n) is 11.9. The molecule has 2 rings (SSSR count). The average Bonchev–Trinajstić information content (AvgIpc) is 2.89. The molecule has 0 fully saturated rings. The summed E-state index contributed by atoms with van der Waals surface area (Å²) in [6.07, 6.45) is 0.115. The van der Waals surface area contributed by atoms with Crippen LogP contribution in [-0.2, 0) is 9.53 Å². The number of aliphatic carboxylic acids is 1. The van der Waals surface area contributed by atoms with Gasteiger partial charge in [0.25, 0.3) is 0 Å². The van der Waals surface area contributed by atoms with Crippen LogP contribution in [0.15, 0.2) is 11.7 Å². The van der Waals surface area contributed by atoms with E-state index in [4.69, 9.17) is 9.84 Å². The molecule has 2 heterocycles. The zero-order chi connectivity index (χ0) is 16.3. The van der Waals surface area contributed by atoms with Crippen LogP contribution in [0.25, 0.3) is 10.2 Å². The van der Waals surface area contributed by atoms with Crippen molar-refractivity contribution in [2.45, 2.75) is 26.0 Å². The van der Waals surface area contributed by atoms with E-state index in [1.807, 2.05) is 0 Å². The molecule has 0 saturated heterocycles. The lowest BCUT2D eigenvalue weighted by atomic mass is 10.1. The number of carboxylic acids is 1. The van der Waals surface area contributed by atoms with Crippen LogP contribution in [0, 0.1) is 0 Å². The van der Waals surface area contributed by atoms with Gasteiger partial charge >= 0.3 is 11.9 Å². The molecule has 2 aromatic heterocycles. The van der Waals surface area contributed by atoms with Crippen molar-refractivity contribution in [1.29, 1.82) is 0 Å². The van der Waals surface area contributed by atoms with Crippen LogP contribution in [0.5, 0.6) is 0 Å². The summed E-state index contributed by atoms with van der Waals surface area (Å²) < 4.78 is 4.97. The Morgan fingerprint density at radius 2 is 2.18 bits per heavy atom. The van der Waals surface area contributed by atoms with E-state index in [9.17, 15) is 14.7 Å². The molecule has 3 N–H and O–H groups in total. The Morgan fingerprint density at radius 3 is 2.77 bits per heavy atom. The number of aromatic nitrogens is 2. The number of carboxylic acid groups (broad SMARTS) is 1.